The number of aryl methyl sites for hydroxylation is 1. The fraction of sp³-hybridized carbons (Fsp3) is 0.667. The Hall–Kier alpha value is -1.73. The van der Waals surface area contributed by atoms with E-state index in [-0.39, 0.29) is 31.5 Å². The lowest BCUT2D eigenvalue weighted by molar-refractivity contribution is -0.0566. The van der Waals surface area contributed by atoms with Gasteiger partial charge in [0.25, 0.3) is 11.8 Å². The van der Waals surface area contributed by atoms with Gasteiger partial charge in [0.15, 0.2) is 6.73 Å². The Bertz CT molecular complexity index is 745. The molecule has 3 aliphatic rings. The number of nitrogens with zero attached hydrogens (tertiary/aromatic N) is 2. The van der Waals surface area contributed by atoms with Gasteiger partial charge in [0.1, 0.15) is 5.75 Å². The summed E-state index contributed by atoms with van der Waals surface area (Å²) >= 11 is 0. The molecule has 1 aliphatic carbocycles. The van der Waals surface area contributed by atoms with Crippen molar-refractivity contribution in [3.05, 3.63) is 28.8 Å². The van der Waals surface area contributed by atoms with Gasteiger partial charge in [-0.3, -0.25) is 14.6 Å². The van der Waals surface area contributed by atoms with Crippen LogP contribution in [0.15, 0.2) is 12.1 Å². The topological polar surface area (TPSA) is 53.0 Å². The number of carbonyl (C=O) groups excluding carboxylic acids is 1. The van der Waals surface area contributed by atoms with Gasteiger partial charge in [-0.2, -0.15) is 0 Å². The number of hydrogen-bond acceptors (Lipinski definition) is 4. The van der Waals surface area contributed by atoms with Crippen molar-refractivity contribution in [1.29, 1.82) is 0 Å². The monoisotopic (exact) mass is 394 g/mol. The Morgan fingerprint density at radius 2 is 1.93 bits per heavy atom. The maximum Gasteiger partial charge on any atom is 0.260 e. The number of alkyl halides is 2. The minimum atomic E-state index is -2.56. The first-order chi connectivity index (χ1) is 13.3. The number of rotatable bonds is 3. The second kappa shape index (κ2) is 7.59. The molecule has 5 nitrogen and oxygen atoms in total. The van der Waals surface area contributed by atoms with Crippen LogP contribution in [-0.4, -0.2) is 58.7 Å². The Morgan fingerprint density at radius 3 is 2.64 bits per heavy atom. The van der Waals surface area contributed by atoms with Gasteiger partial charge in [-0.05, 0) is 43.0 Å². The highest BCUT2D eigenvalue weighted by Gasteiger charge is 2.37. The van der Waals surface area contributed by atoms with Gasteiger partial charge in [-0.15, -0.1) is 0 Å². The second-order valence-corrected chi connectivity index (χ2v) is 8.37. The minimum Gasteiger partial charge on any atom is -0.472 e. The van der Waals surface area contributed by atoms with E-state index in [9.17, 15) is 18.7 Å². The fourth-order valence-electron chi connectivity index (χ4n) is 4.52. The van der Waals surface area contributed by atoms with Gasteiger partial charge >= 0.3 is 0 Å². The zero-order chi connectivity index (χ0) is 19.9. The quantitative estimate of drug-likeness (QED) is 0.855. The molecule has 0 bridgehead atoms. The number of amides is 1. The van der Waals surface area contributed by atoms with Crippen molar-refractivity contribution in [3.8, 4) is 5.75 Å². The highest BCUT2D eigenvalue weighted by atomic mass is 19.3. The first-order valence-corrected chi connectivity index (χ1v) is 10.2. The summed E-state index contributed by atoms with van der Waals surface area (Å²) in [5.74, 6) is -2.11. The summed E-state index contributed by atoms with van der Waals surface area (Å²) in [4.78, 5) is 16.8. The molecule has 1 aromatic carbocycles. The van der Waals surface area contributed by atoms with Crippen LogP contribution in [0.3, 0.4) is 0 Å². The number of aliphatic hydroxyl groups is 1. The van der Waals surface area contributed by atoms with Gasteiger partial charge < -0.3 is 9.84 Å². The molecule has 28 heavy (non-hydrogen) atoms. The highest BCUT2D eigenvalue weighted by Crippen LogP contribution is 2.34. The lowest BCUT2D eigenvalue weighted by Gasteiger charge is -2.40. The Kier molecular flexibility index (Phi) is 5.31. The molecule has 1 saturated carbocycles. The molecule has 2 aliphatic heterocycles. The zero-order valence-corrected chi connectivity index (χ0v) is 16.3. The average Bonchev–Trinajstić information content (AvgIpc) is 2.66. The number of fused-ring (bicyclic) bond motifs is 1. The van der Waals surface area contributed by atoms with Crippen LogP contribution in [0.4, 0.5) is 8.78 Å². The highest BCUT2D eigenvalue weighted by molar-refractivity contribution is 5.98. The van der Waals surface area contributed by atoms with Gasteiger partial charge in [-0.25, -0.2) is 8.78 Å². The average molecular weight is 394 g/mol. The van der Waals surface area contributed by atoms with E-state index < -0.39 is 12.0 Å². The van der Waals surface area contributed by atoms with E-state index in [2.05, 4.69) is 0 Å². The van der Waals surface area contributed by atoms with Crippen molar-refractivity contribution in [1.82, 2.24) is 9.80 Å². The standard InChI is InChI=1S/C21H28F2N2O3/c1-14-10-19-16(11-15(14)12-24-8-6-21(22,23)7-9-24)20(27)25(13-28-19)17-4-2-3-5-18(17)26/h10-11,17-18,26H,2-9,12-13H2,1H3. The van der Waals surface area contributed by atoms with Gasteiger partial charge in [-0.1, -0.05) is 12.8 Å². The van der Waals surface area contributed by atoms with Gasteiger partial charge in [0.05, 0.1) is 17.7 Å². The maximum absolute atomic E-state index is 13.4. The smallest absolute Gasteiger partial charge is 0.260 e. The minimum absolute atomic E-state index is 0.112. The van der Waals surface area contributed by atoms with Crippen LogP contribution in [0.5, 0.6) is 5.75 Å². The molecule has 2 heterocycles. The van der Waals surface area contributed by atoms with Crippen LogP contribution in [0.2, 0.25) is 0 Å². The zero-order valence-electron chi connectivity index (χ0n) is 16.3. The SMILES string of the molecule is Cc1cc2c(cc1CN1CCC(F)(F)CC1)C(=O)N(C1CCCCC1O)CO2. The molecule has 2 unspecified atom stereocenters. The Balaban J connectivity index is 1.52. The molecule has 2 atom stereocenters. The third-order valence-corrected chi connectivity index (χ3v) is 6.36. The number of likely N-dealkylation sites (tertiary alicyclic amines) is 1. The lowest BCUT2D eigenvalue weighted by Crippen LogP contribution is -2.51. The summed E-state index contributed by atoms with van der Waals surface area (Å²) in [6.45, 7) is 3.38. The molecular formula is C21H28F2N2O3. The molecule has 0 spiro atoms. The van der Waals surface area contributed by atoms with Crippen LogP contribution >= 0.6 is 0 Å². The third-order valence-electron chi connectivity index (χ3n) is 6.36. The van der Waals surface area contributed by atoms with Crippen LogP contribution in [0.25, 0.3) is 0 Å². The molecule has 1 amide bonds. The molecule has 1 aromatic rings. The molecule has 4 rings (SSSR count). The number of halogens is 2. The lowest BCUT2D eigenvalue weighted by atomic mass is 9.90. The molecule has 2 fully saturated rings. The predicted octanol–water partition coefficient (Wildman–Crippen LogP) is 3.32. The summed E-state index contributed by atoms with van der Waals surface area (Å²) in [5, 5.41) is 10.3. The first kappa shape index (κ1) is 19.6. The molecule has 1 N–H and O–H groups in total. The summed E-state index contributed by atoms with van der Waals surface area (Å²) in [6, 6.07) is 3.51. The van der Waals surface area contributed by atoms with E-state index in [1.807, 2.05) is 24.0 Å². The van der Waals surface area contributed by atoms with Crippen LogP contribution in [0, 0.1) is 6.92 Å². The predicted molar refractivity (Wildman–Crippen MR) is 101 cm³/mol. The van der Waals surface area contributed by atoms with Crippen LogP contribution in [0.1, 0.15) is 60.0 Å². The summed E-state index contributed by atoms with van der Waals surface area (Å²) in [7, 11) is 0. The van der Waals surface area contributed by atoms with E-state index in [1.54, 1.807) is 4.90 Å². The summed E-state index contributed by atoms with van der Waals surface area (Å²) in [6.07, 6.45) is 2.72. The third kappa shape index (κ3) is 3.87. The molecule has 0 aromatic heterocycles. The van der Waals surface area contributed by atoms with E-state index in [0.717, 1.165) is 30.4 Å². The Morgan fingerprint density at radius 1 is 1.21 bits per heavy atom. The van der Waals surface area contributed by atoms with Crippen molar-refractivity contribution in [3.63, 3.8) is 0 Å². The normalized spacial score (nSPS) is 28.0. The van der Waals surface area contributed by atoms with E-state index in [4.69, 9.17) is 4.74 Å². The largest absolute Gasteiger partial charge is 0.472 e. The summed E-state index contributed by atoms with van der Waals surface area (Å²) in [5.41, 5.74) is 2.47. The molecule has 1 saturated heterocycles. The van der Waals surface area contributed by atoms with Crippen molar-refractivity contribution in [2.24, 2.45) is 0 Å². The number of hydrogen-bond donors (Lipinski definition) is 1. The number of ether oxygens (including phenoxy) is 1. The number of carbonyl (C=O) groups is 1. The number of benzene rings is 1. The molecule has 0 radical (unpaired) electrons. The van der Waals surface area contributed by atoms with Crippen molar-refractivity contribution in [2.75, 3.05) is 19.8 Å². The summed E-state index contributed by atoms with van der Waals surface area (Å²) < 4.78 is 32.7. The van der Waals surface area contributed by atoms with E-state index >= 15 is 0 Å². The van der Waals surface area contributed by atoms with Crippen molar-refractivity contribution in [2.45, 2.75) is 70.1 Å². The van der Waals surface area contributed by atoms with E-state index in [1.165, 1.54) is 0 Å². The molecular weight excluding hydrogens is 366 g/mol. The van der Waals surface area contributed by atoms with Crippen LogP contribution < -0.4 is 4.74 Å². The second-order valence-electron chi connectivity index (χ2n) is 8.37. The first-order valence-electron chi connectivity index (χ1n) is 10.2. The Labute approximate surface area is 164 Å². The van der Waals surface area contributed by atoms with Gasteiger partial charge in [0.2, 0.25) is 0 Å². The number of piperidine rings is 1. The molecule has 154 valence electrons. The van der Waals surface area contributed by atoms with Crippen molar-refractivity contribution >= 4 is 5.91 Å². The fourth-order valence-corrected chi connectivity index (χ4v) is 4.52. The molecule has 7 heteroatoms. The number of aliphatic hydroxyl groups excluding tert-OH is 1. The van der Waals surface area contributed by atoms with E-state index in [0.29, 0.717) is 37.4 Å². The van der Waals surface area contributed by atoms with Crippen LogP contribution in [-0.2, 0) is 6.54 Å². The van der Waals surface area contributed by atoms with Gasteiger partial charge in [0, 0.05) is 32.5 Å². The maximum atomic E-state index is 13.4. The van der Waals surface area contributed by atoms with Crippen molar-refractivity contribution < 1.29 is 23.4 Å².